The fraction of sp³-hybridized carbons (Fsp3) is 0.511. The Morgan fingerprint density at radius 3 is 2.14 bits per heavy atom. The van der Waals surface area contributed by atoms with E-state index in [1.54, 1.807) is 18.2 Å². The van der Waals surface area contributed by atoms with Gasteiger partial charge in [0.1, 0.15) is 17.1 Å². The first-order chi connectivity index (χ1) is 27.3. The Kier molecular flexibility index (Phi) is 13.8. The van der Waals surface area contributed by atoms with E-state index in [0.29, 0.717) is 56.1 Å². The van der Waals surface area contributed by atoms with Gasteiger partial charge >= 0.3 is 6.09 Å². The van der Waals surface area contributed by atoms with Gasteiger partial charge < -0.3 is 20.5 Å². The number of nitrogens with one attached hydrogen (secondary N) is 2. The Labute approximate surface area is 335 Å². The quantitative estimate of drug-likeness (QED) is 0.138. The number of carbonyl (C=O) groups excluding carboxylic acids is 4. The van der Waals surface area contributed by atoms with Crippen LogP contribution in [-0.4, -0.2) is 64.4 Å². The second-order valence-electron chi connectivity index (χ2n) is 16.9. The summed E-state index contributed by atoms with van der Waals surface area (Å²) < 4.78 is 5.37. The van der Waals surface area contributed by atoms with E-state index in [2.05, 4.69) is 30.8 Å². The number of azo groups is 1. The first-order valence-corrected chi connectivity index (χ1v) is 20.4. The van der Waals surface area contributed by atoms with Gasteiger partial charge in [-0.05, 0) is 139 Å². The van der Waals surface area contributed by atoms with Crippen LogP contribution in [0, 0.1) is 30.6 Å². The summed E-state index contributed by atoms with van der Waals surface area (Å²) in [6.45, 7) is 8.23. The van der Waals surface area contributed by atoms with Crippen molar-refractivity contribution in [3.8, 4) is 11.1 Å². The van der Waals surface area contributed by atoms with Crippen LogP contribution in [0.3, 0.4) is 0 Å². The minimum atomic E-state index is -0.594. The van der Waals surface area contributed by atoms with Gasteiger partial charge in [0.2, 0.25) is 5.91 Å². The third-order valence-corrected chi connectivity index (χ3v) is 11.3. The smallest absolute Gasteiger partial charge is 0.407 e. The fourth-order valence-electron chi connectivity index (χ4n) is 8.06. The van der Waals surface area contributed by atoms with Crippen molar-refractivity contribution < 1.29 is 29.0 Å². The molecule has 0 bridgehead atoms. The van der Waals surface area contributed by atoms with Gasteiger partial charge in [0.05, 0.1) is 6.10 Å². The summed E-state index contributed by atoms with van der Waals surface area (Å²) in [7, 11) is 0. The zero-order chi connectivity index (χ0) is 40.5. The van der Waals surface area contributed by atoms with E-state index in [1.165, 1.54) is 0 Å². The molecule has 0 unspecified atom stereocenters. The molecule has 0 spiro atoms. The first kappa shape index (κ1) is 41.5. The van der Waals surface area contributed by atoms with Crippen molar-refractivity contribution in [1.82, 2.24) is 10.3 Å². The Balaban J connectivity index is 1.09. The van der Waals surface area contributed by atoms with Gasteiger partial charge in [-0.15, -0.1) is 5.11 Å². The fourth-order valence-corrected chi connectivity index (χ4v) is 8.06. The van der Waals surface area contributed by atoms with E-state index in [1.807, 2.05) is 70.2 Å². The zero-order valence-corrected chi connectivity index (χ0v) is 33.6. The highest BCUT2D eigenvalue weighted by molar-refractivity contribution is 6.01. The number of carbonyl (C=O) groups is 4. The number of pyridine rings is 1. The maximum atomic E-state index is 13.9. The molecular formula is C45H56N6O6. The highest BCUT2D eigenvalue weighted by Crippen LogP contribution is 2.33. The molecule has 2 heterocycles. The summed E-state index contributed by atoms with van der Waals surface area (Å²) in [4.78, 5) is 61.9. The van der Waals surface area contributed by atoms with Gasteiger partial charge in [0.25, 0.3) is 0 Å². The van der Waals surface area contributed by atoms with Crippen molar-refractivity contribution in [2.24, 2.45) is 38.9 Å². The van der Waals surface area contributed by atoms with Crippen LogP contribution in [0.15, 0.2) is 75.9 Å². The minimum absolute atomic E-state index is 0.0362. The molecule has 2 aromatic carbocycles. The molecule has 2 saturated carbocycles. The average Bonchev–Trinajstić information content (AvgIpc) is 3.73. The molecule has 3 aliphatic rings. The molecule has 1 atom stereocenters. The number of anilines is 1. The molecule has 0 saturated heterocycles. The topological polar surface area (TPSA) is 172 Å². The Morgan fingerprint density at radius 2 is 1.51 bits per heavy atom. The molecule has 6 rings (SSSR count). The van der Waals surface area contributed by atoms with Crippen molar-refractivity contribution in [3.63, 3.8) is 0 Å². The third-order valence-electron chi connectivity index (χ3n) is 11.3. The van der Waals surface area contributed by atoms with Crippen LogP contribution in [0.4, 0.5) is 10.5 Å². The monoisotopic (exact) mass is 776 g/mol. The molecule has 57 heavy (non-hydrogen) atoms. The largest absolute Gasteiger partial charge is 0.444 e. The lowest BCUT2D eigenvalue weighted by molar-refractivity contribution is -0.129. The highest BCUT2D eigenvalue weighted by atomic mass is 16.6. The van der Waals surface area contributed by atoms with Crippen LogP contribution in [0.2, 0.25) is 0 Å². The summed E-state index contributed by atoms with van der Waals surface area (Å²) in [5.74, 6) is 0.284. The third kappa shape index (κ3) is 12.0. The van der Waals surface area contributed by atoms with Gasteiger partial charge in [-0.2, -0.15) is 5.11 Å². The molecule has 2 amide bonds. The number of ketones is 2. The second-order valence-corrected chi connectivity index (χ2v) is 16.9. The Bertz CT molecular complexity index is 1950. The normalized spacial score (nSPS) is 21.3. The molecule has 1 aliphatic heterocycles. The molecule has 12 heteroatoms. The highest BCUT2D eigenvalue weighted by Gasteiger charge is 2.31. The number of ether oxygens (including phenoxy) is 1. The van der Waals surface area contributed by atoms with E-state index >= 15 is 0 Å². The van der Waals surface area contributed by atoms with Crippen LogP contribution in [0.5, 0.6) is 0 Å². The molecular weight excluding hydrogens is 721 g/mol. The van der Waals surface area contributed by atoms with Gasteiger partial charge in [-0.3, -0.25) is 14.4 Å². The number of nitrogens with zero attached hydrogens (tertiary/aromatic N) is 4. The maximum absolute atomic E-state index is 13.9. The van der Waals surface area contributed by atoms with Gasteiger partial charge in [-0.1, -0.05) is 30.3 Å². The van der Waals surface area contributed by atoms with Crippen LogP contribution >= 0.6 is 0 Å². The van der Waals surface area contributed by atoms with E-state index in [9.17, 15) is 24.3 Å². The lowest BCUT2D eigenvalue weighted by atomic mass is 9.77. The van der Waals surface area contributed by atoms with E-state index in [0.717, 1.165) is 66.5 Å². The number of aliphatic hydroxyl groups is 1. The summed E-state index contributed by atoms with van der Waals surface area (Å²) in [5, 5.41) is 23.7. The van der Waals surface area contributed by atoms with Crippen molar-refractivity contribution in [2.75, 3.05) is 18.5 Å². The number of benzene rings is 2. The van der Waals surface area contributed by atoms with Crippen LogP contribution in [0.25, 0.3) is 11.1 Å². The number of aryl methyl sites for hydroxylation is 1. The van der Waals surface area contributed by atoms with Crippen molar-refractivity contribution in [1.29, 1.82) is 0 Å². The van der Waals surface area contributed by atoms with Crippen molar-refractivity contribution >= 4 is 35.1 Å². The predicted octanol–water partition coefficient (Wildman–Crippen LogP) is 8.44. The molecule has 3 aromatic rings. The number of aliphatic hydroxyl groups excluding tert-OH is 1. The standard InChI is InChI=1S/C45H56N6O6/c1-28-38(21-22-39(49-28)41(54)24-30-9-19-37(52)20-10-30)32-11-5-29(6-12-32)23-35(43(55)50-36-17-15-34(16-18-36)42-47-27-48-51-42)25-40(53)33-13-7-31(8-14-33)26-46-44(56)57-45(2,3)4/h5-6,11-12,15-18,21-22,30-31,33,35,37,52H,7-10,13-14,19-20,23-27H2,1-4H3,(H,46,56)(H,50,55)/t30?,31?,33?,35-,37?/m1/s1. The summed E-state index contributed by atoms with van der Waals surface area (Å²) in [6, 6.07) is 19.0. The number of alkyl carbamates (subject to hydrolysis) is 1. The number of hydrogen-bond acceptors (Lipinski definition) is 10. The number of amides is 2. The van der Waals surface area contributed by atoms with Crippen molar-refractivity contribution in [3.05, 3.63) is 83.2 Å². The van der Waals surface area contributed by atoms with E-state index in [4.69, 9.17) is 4.74 Å². The number of Topliss-reactive ketones (excluding diaryl/α,β-unsaturated/α-hetero) is 2. The van der Waals surface area contributed by atoms with Gasteiger partial charge in [0, 0.05) is 53.7 Å². The zero-order valence-electron chi connectivity index (χ0n) is 33.6. The minimum Gasteiger partial charge on any atom is -0.444 e. The van der Waals surface area contributed by atoms with Gasteiger partial charge in [-0.25, -0.2) is 14.8 Å². The first-order valence-electron chi connectivity index (χ1n) is 20.4. The van der Waals surface area contributed by atoms with E-state index < -0.39 is 17.6 Å². The molecule has 1 aromatic heterocycles. The van der Waals surface area contributed by atoms with Crippen LogP contribution < -0.4 is 10.6 Å². The molecule has 3 N–H and O–H groups in total. The maximum Gasteiger partial charge on any atom is 0.407 e. The molecule has 2 fully saturated rings. The number of aromatic nitrogens is 1. The molecule has 0 radical (unpaired) electrons. The van der Waals surface area contributed by atoms with Crippen LogP contribution in [-0.2, 0) is 20.7 Å². The molecule has 12 nitrogen and oxygen atoms in total. The Morgan fingerprint density at radius 1 is 0.842 bits per heavy atom. The number of amidine groups is 1. The second kappa shape index (κ2) is 18.9. The summed E-state index contributed by atoms with van der Waals surface area (Å²) in [6.07, 6.45) is 6.56. The van der Waals surface area contributed by atoms with E-state index in [-0.39, 0.29) is 47.8 Å². The molecule has 302 valence electrons. The number of hydrogen-bond donors (Lipinski definition) is 3. The number of rotatable bonds is 14. The lowest BCUT2D eigenvalue weighted by Gasteiger charge is -2.29. The molecule has 2 aliphatic carbocycles. The van der Waals surface area contributed by atoms with Crippen LogP contribution in [0.1, 0.15) is 112 Å². The lowest BCUT2D eigenvalue weighted by Crippen LogP contribution is -2.37. The SMILES string of the molecule is Cc1nc(C(=O)CC2CCC(O)CC2)ccc1-c1ccc(C[C@H](CC(=O)C2CCC(CNC(=O)OC(C)(C)C)CC2)C(=O)Nc2ccc(C3=NCN=N3)cc2)cc1. The number of aliphatic imine (C=N–C) groups is 1. The Hall–Kier alpha value is -5.10. The summed E-state index contributed by atoms with van der Waals surface area (Å²) >= 11 is 0. The average molecular weight is 777 g/mol. The van der Waals surface area contributed by atoms with Crippen molar-refractivity contribution in [2.45, 2.75) is 110 Å². The predicted molar refractivity (Wildman–Crippen MR) is 219 cm³/mol. The summed E-state index contributed by atoms with van der Waals surface area (Å²) in [5.41, 5.74) is 4.90. The van der Waals surface area contributed by atoms with Gasteiger partial charge in [0.15, 0.2) is 18.3 Å².